The summed E-state index contributed by atoms with van der Waals surface area (Å²) in [5.74, 6) is 0. The first kappa shape index (κ1) is 32.0. The van der Waals surface area contributed by atoms with Gasteiger partial charge in [-0.05, 0) is 14.1 Å². The van der Waals surface area contributed by atoms with Crippen LogP contribution in [0.15, 0.2) is 0 Å². The Labute approximate surface area is 138 Å². The van der Waals surface area contributed by atoms with Crippen molar-refractivity contribution in [1.29, 1.82) is 0 Å². The quantitative estimate of drug-likeness (QED) is 0.341. The molecule has 0 amide bonds. The van der Waals surface area contributed by atoms with Gasteiger partial charge in [0.15, 0.2) is 0 Å². The van der Waals surface area contributed by atoms with Crippen LogP contribution in [-0.4, -0.2) is 96.9 Å². The second kappa shape index (κ2) is 27.2. The first-order chi connectivity index (χ1) is 7.62. The number of rotatable bonds is 8. The molecule has 0 bridgehead atoms. The van der Waals surface area contributed by atoms with Crippen LogP contribution >= 0.6 is 0 Å². The molecule has 0 heterocycles. The Hall–Kier alpha value is 0.846. The summed E-state index contributed by atoms with van der Waals surface area (Å²) in [6, 6.07) is 0. The van der Waals surface area contributed by atoms with Gasteiger partial charge in [0, 0.05) is 26.2 Å². The maximum Gasteiger partial charge on any atom is 2.00 e. The Morgan fingerprint density at radius 2 is 0.737 bits per heavy atom. The van der Waals surface area contributed by atoms with E-state index >= 15 is 0 Å². The zero-order chi connectivity index (χ0) is 12.8. The van der Waals surface area contributed by atoms with Crippen molar-refractivity contribution in [1.82, 2.24) is 9.80 Å². The van der Waals surface area contributed by atoms with Gasteiger partial charge in [0.25, 0.3) is 0 Å². The van der Waals surface area contributed by atoms with Crippen molar-refractivity contribution in [2.45, 2.75) is 0 Å². The number of aliphatic hydroxyl groups excluding tert-OH is 4. The Bertz CT molecular complexity index is 116. The summed E-state index contributed by atoms with van der Waals surface area (Å²) < 4.78 is 0. The number of hydrogen-bond acceptors (Lipinski definition) is 6. The molecule has 0 saturated heterocycles. The van der Waals surface area contributed by atoms with Crippen LogP contribution in [0.4, 0.5) is 0 Å². The second-order valence-corrected chi connectivity index (χ2v) is 3.50. The summed E-state index contributed by atoms with van der Waals surface area (Å²) in [6.45, 7) is 3.21. The Balaban J connectivity index is -0.0000000594. The third kappa shape index (κ3) is 32.4. The van der Waals surface area contributed by atoms with E-state index in [0.29, 0.717) is 26.2 Å². The average molecular weight is 368 g/mol. The van der Waals surface area contributed by atoms with Crippen molar-refractivity contribution >= 4 is 0 Å². The summed E-state index contributed by atoms with van der Waals surface area (Å²) in [4.78, 5) is 3.72. The van der Waals surface area contributed by atoms with Crippen LogP contribution in [0.25, 0.3) is 0 Å². The number of hydrogen-bond donors (Lipinski definition) is 4. The fourth-order valence-electron chi connectivity index (χ4n) is 0.906. The van der Waals surface area contributed by atoms with Crippen LogP contribution in [0.1, 0.15) is 0 Å². The number of halogens is 2. The van der Waals surface area contributed by atoms with E-state index in [1.165, 1.54) is 0 Å². The molecule has 0 aliphatic heterocycles. The molecule has 9 heteroatoms. The molecule has 0 aromatic rings. The molecule has 0 unspecified atom stereocenters. The summed E-state index contributed by atoms with van der Waals surface area (Å²) in [5, 5.41) is 33.4. The zero-order valence-corrected chi connectivity index (χ0v) is 14.0. The van der Waals surface area contributed by atoms with Gasteiger partial charge in [0.05, 0.1) is 26.4 Å². The molecule has 0 spiro atoms. The van der Waals surface area contributed by atoms with Crippen LogP contribution in [0, 0.1) is 0 Å². The van der Waals surface area contributed by atoms with Crippen LogP contribution in [-0.2, 0) is 16.8 Å². The third-order valence-corrected chi connectivity index (χ3v) is 1.93. The molecule has 0 rings (SSSR count). The van der Waals surface area contributed by atoms with Crippen LogP contribution in [0.5, 0.6) is 0 Å². The van der Waals surface area contributed by atoms with Gasteiger partial charge in [-0.25, -0.2) is 0 Å². The van der Waals surface area contributed by atoms with E-state index < -0.39 is 0 Å². The summed E-state index contributed by atoms with van der Waals surface area (Å²) in [6.07, 6.45) is 0. The van der Waals surface area contributed by atoms with Crippen molar-refractivity contribution in [3.63, 3.8) is 0 Å². The standard InChI is InChI=1S/2C5H13NO2.2ClH.Co/c2*1-6(2-4-7)3-5-8;;;/h2*7-8H,2-5H2,1H3;2*1H;/q;;;;+2/p-2. The molecule has 0 aliphatic rings. The average Bonchev–Trinajstić information content (AvgIpc) is 2.20. The number of aliphatic hydroxyl groups is 4. The van der Waals surface area contributed by atoms with E-state index in [1.54, 1.807) is 0 Å². The minimum Gasteiger partial charge on any atom is -1.00 e. The van der Waals surface area contributed by atoms with Crippen molar-refractivity contribution in [3.05, 3.63) is 0 Å². The maximum atomic E-state index is 8.34. The van der Waals surface area contributed by atoms with E-state index in [2.05, 4.69) is 0 Å². The molecule has 0 aromatic carbocycles. The van der Waals surface area contributed by atoms with Crippen molar-refractivity contribution in [2.75, 3.05) is 66.7 Å². The molecule has 0 fully saturated rings. The molecule has 1 radical (unpaired) electrons. The van der Waals surface area contributed by atoms with E-state index in [-0.39, 0.29) is 68.0 Å². The summed E-state index contributed by atoms with van der Waals surface area (Å²) in [7, 11) is 3.71. The normalized spacial score (nSPS) is 8.84. The Morgan fingerprint density at radius 1 is 0.579 bits per heavy atom. The predicted molar refractivity (Wildman–Crippen MR) is 63.3 cm³/mol. The van der Waals surface area contributed by atoms with Gasteiger partial charge in [0.1, 0.15) is 0 Å². The monoisotopic (exact) mass is 367 g/mol. The molecule has 0 aliphatic carbocycles. The molecule has 123 valence electrons. The first-order valence-corrected chi connectivity index (χ1v) is 5.42. The molecule has 4 N–H and O–H groups in total. The van der Waals surface area contributed by atoms with Gasteiger partial charge in [-0.3, -0.25) is 0 Å². The van der Waals surface area contributed by atoms with Crippen molar-refractivity contribution in [3.8, 4) is 0 Å². The smallest absolute Gasteiger partial charge is 1.00 e. The molecule has 0 saturated carbocycles. The van der Waals surface area contributed by atoms with Crippen LogP contribution in [0.2, 0.25) is 0 Å². The van der Waals surface area contributed by atoms with Crippen molar-refractivity contribution < 1.29 is 62.0 Å². The SMILES string of the molecule is CN(CCO)CCO.CN(CCO)CCO.[Cl-].[Cl-].[Co+2]. The second-order valence-electron chi connectivity index (χ2n) is 3.50. The molecule has 19 heavy (non-hydrogen) atoms. The van der Waals surface area contributed by atoms with Gasteiger partial charge in [0.2, 0.25) is 0 Å². The van der Waals surface area contributed by atoms with Gasteiger partial charge < -0.3 is 55.0 Å². The van der Waals surface area contributed by atoms with Gasteiger partial charge in [-0.1, -0.05) is 0 Å². The zero-order valence-electron chi connectivity index (χ0n) is 11.4. The Kier molecular flexibility index (Phi) is 45.8. The molecule has 6 nitrogen and oxygen atoms in total. The maximum absolute atomic E-state index is 8.34. The van der Waals surface area contributed by atoms with Crippen LogP contribution < -0.4 is 24.8 Å². The Morgan fingerprint density at radius 3 is 0.842 bits per heavy atom. The fourth-order valence-corrected chi connectivity index (χ4v) is 0.906. The molecule has 0 atom stereocenters. The molecular weight excluding hydrogens is 342 g/mol. The predicted octanol–water partition coefficient (Wildman–Crippen LogP) is -8.19. The van der Waals surface area contributed by atoms with E-state index in [9.17, 15) is 0 Å². The van der Waals surface area contributed by atoms with Crippen molar-refractivity contribution in [2.24, 2.45) is 0 Å². The third-order valence-electron chi connectivity index (χ3n) is 1.93. The van der Waals surface area contributed by atoms with Gasteiger partial charge in [-0.15, -0.1) is 0 Å². The molecule has 0 aromatic heterocycles. The van der Waals surface area contributed by atoms with Gasteiger partial charge in [-0.2, -0.15) is 0 Å². The molecular formula is C10H26Cl2CoN2O4. The minimum absolute atomic E-state index is 0. The number of likely N-dealkylation sites (N-methyl/N-ethyl adjacent to an activating group) is 2. The van der Waals surface area contributed by atoms with E-state index in [4.69, 9.17) is 20.4 Å². The minimum atomic E-state index is 0. The largest absolute Gasteiger partial charge is 2.00 e. The van der Waals surface area contributed by atoms with E-state index in [0.717, 1.165) is 0 Å². The summed E-state index contributed by atoms with van der Waals surface area (Å²) >= 11 is 0. The van der Waals surface area contributed by atoms with Gasteiger partial charge >= 0.3 is 16.8 Å². The van der Waals surface area contributed by atoms with Crippen LogP contribution in [0.3, 0.4) is 0 Å². The number of nitrogens with zero attached hydrogens (tertiary/aromatic N) is 2. The topological polar surface area (TPSA) is 87.4 Å². The van der Waals surface area contributed by atoms with E-state index in [1.807, 2.05) is 23.9 Å². The first-order valence-electron chi connectivity index (χ1n) is 5.42. The fraction of sp³-hybridized carbons (Fsp3) is 1.00. The summed E-state index contributed by atoms with van der Waals surface area (Å²) in [5.41, 5.74) is 0.